The largest absolute Gasteiger partial charge is 0.480 e. The van der Waals surface area contributed by atoms with E-state index in [2.05, 4.69) is 26.4 Å². The van der Waals surface area contributed by atoms with Gasteiger partial charge in [-0.25, -0.2) is 14.4 Å². The van der Waals surface area contributed by atoms with E-state index in [0.717, 1.165) is 0 Å². The van der Waals surface area contributed by atoms with E-state index in [0.29, 0.717) is 0 Å². The fourth-order valence-electron chi connectivity index (χ4n) is 0.699. The molecule has 100 valence electrons. The number of carboxylic acids is 1. The first-order valence-electron chi connectivity index (χ1n) is 4.57. The molecule has 7 nitrogen and oxygen atoms in total. The maximum Gasteiger partial charge on any atom is 0.407 e. The summed E-state index contributed by atoms with van der Waals surface area (Å²) in [6.07, 6.45) is -0.726. The number of carbonyl (C=O) groups is 3. The molecule has 0 rings (SSSR count). The highest BCUT2D eigenvalue weighted by Gasteiger charge is 2.23. The minimum Gasteiger partial charge on any atom is -0.480 e. The van der Waals surface area contributed by atoms with Crippen LogP contribution in [0.2, 0.25) is 0 Å². The van der Waals surface area contributed by atoms with Crippen molar-refractivity contribution in [3.8, 4) is 0 Å². The first-order chi connectivity index (χ1) is 7.76. The molecule has 8 heteroatoms. The predicted octanol–water partition coefficient (Wildman–Crippen LogP) is 1.44. The molecule has 0 saturated carbocycles. The van der Waals surface area contributed by atoms with E-state index in [1.54, 1.807) is 13.8 Å². The third-order valence-electron chi connectivity index (χ3n) is 1.55. The van der Waals surface area contributed by atoms with Crippen LogP contribution < -0.4 is 5.32 Å². The van der Waals surface area contributed by atoms with Gasteiger partial charge >= 0.3 is 17.5 Å². The van der Waals surface area contributed by atoms with Crippen LogP contribution in [0.1, 0.15) is 13.8 Å². The van der Waals surface area contributed by atoms with Crippen molar-refractivity contribution in [2.75, 3.05) is 14.2 Å². The Morgan fingerprint density at radius 1 is 1.18 bits per heavy atom. The number of hydrogen-bond acceptors (Lipinski definition) is 5. The van der Waals surface area contributed by atoms with E-state index in [4.69, 9.17) is 5.11 Å². The van der Waals surface area contributed by atoms with Gasteiger partial charge in [0.05, 0.1) is 14.2 Å². The number of aliphatic carboxylic acids is 1. The van der Waals surface area contributed by atoms with Crippen LogP contribution >= 0.6 is 11.6 Å². The smallest absolute Gasteiger partial charge is 0.407 e. The summed E-state index contributed by atoms with van der Waals surface area (Å²) >= 11 is 4.60. The minimum absolute atomic E-state index is 0.165. The third kappa shape index (κ3) is 10.8. The Morgan fingerprint density at radius 3 is 1.76 bits per heavy atom. The van der Waals surface area contributed by atoms with Gasteiger partial charge in [-0.2, -0.15) is 0 Å². The lowest BCUT2D eigenvalue weighted by molar-refractivity contribution is -0.140. The Hall–Kier alpha value is -1.50. The van der Waals surface area contributed by atoms with Gasteiger partial charge in [-0.05, 0) is 5.92 Å². The summed E-state index contributed by atoms with van der Waals surface area (Å²) < 4.78 is 8.14. The SMILES string of the molecule is COC(=O)Cl.COC(=O)NC(C(=O)O)C(C)C. The van der Waals surface area contributed by atoms with E-state index in [1.807, 2.05) is 0 Å². The molecule has 0 heterocycles. The second-order valence-electron chi connectivity index (χ2n) is 3.14. The van der Waals surface area contributed by atoms with Crippen LogP contribution in [0, 0.1) is 5.92 Å². The first-order valence-corrected chi connectivity index (χ1v) is 4.94. The lowest BCUT2D eigenvalue weighted by Gasteiger charge is -2.16. The molecule has 0 spiro atoms. The van der Waals surface area contributed by atoms with Crippen LogP contribution in [0.3, 0.4) is 0 Å². The van der Waals surface area contributed by atoms with Gasteiger partial charge in [-0.15, -0.1) is 0 Å². The Labute approximate surface area is 104 Å². The Bertz CT molecular complexity index is 268. The predicted molar refractivity (Wildman–Crippen MR) is 60.1 cm³/mol. The van der Waals surface area contributed by atoms with Crippen LogP contribution in [0.4, 0.5) is 9.59 Å². The quantitative estimate of drug-likeness (QED) is 0.752. The average molecular weight is 270 g/mol. The second kappa shape index (κ2) is 9.71. The molecule has 0 radical (unpaired) electrons. The molecular weight excluding hydrogens is 254 g/mol. The molecule has 0 saturated heterocycles. The molecular formula is C9H16ClNO6. The van der Waals surface area contributed by atoms with Crippen LogP contribution in [0.15, 0.2) is 0 Å². The number of ether oxygens (including phenoxy) is 2. The fourth-order valence-corrected chi connectivity index (χ4v) is 0.699. The highest BCUT2D eigenvalue weighted by molar-refractivity contribution is 6.61. The highest BCUT2D eigenvalue weighted by Crippen LogP contribution is 2.01. The van der Waals surface area contributed by atoms with Crippen molar-refractivity contribution in [2.45, 2.75) is 19.9 Å². The second-order valence-corrected chi connectivity index (χ2v) is 3.45. The van der Waals surface area contributed by atoms with Crippen LogP contribution in [0.25, 0.3) is 0 Å². The maximum absolute atomic E-state index is 10.6. The van der Waals surface area contributed by atoms with Crippen molar-refractivity contribution in [1.29, 1.82) is 0 Å². The van der Waals surface area contributed by atoms with E-state index in [1.165, 1.54) is 14.2 Å². The number of nitrogens with one attached hydrogen (secondary N) is 1. The normalized spacial score (nSPS) is 10.7. The number of halogens is 1. The number of rotatable bonds is 3. The molecule has 0 aliphatic heterocycles. The van der Waals surface area contributed by atoms with Gasteiger partial charge in [0.25, 0.3) is 0 Å². The molecule has 17 heavy (non-hydrogen) atoms. The number of alkyl carbamates (subject to hydrolysis) is 1. The van der Waals surface area contributed by atoms with Crippen molar-refractivity contribution >= 4 is 29.1 Å². The Morgan fingerprint density at radius 2 is 1.59 bits per heavy atom. The summed E-state index contributed by atoms with van der Waals surface area (Å²) in [6.45, 7) is 3.41. The monoisotopic (exact) mass is 269 g/mol. The first kappa shape index (κ1) is 17.9. The zero-order valence-electron chi connectivity index (χ0n) is 10.0. The van der Waals surface area contributed by atoms with Gasteiger partial charge in [0.2, 0.25) is 0 Å². The van der Waals surface area contributed by atoms with Crippen molar-refractivity contribution < 1.29 is 29.0 Å². The molecule has 0 aliphatic carbocycles. The van der Waals surface area contributed by atoms with Crippen molar-refractivity contribution in [3.63, 3.8) is 0 Å². The number of carboxylic acid groups (broad SMARTS) is 1. The maximum atomic E-state index is 10.6. The Balaban J connectivity index is 0. The van der Waals surface area contributed by atoms with Crippen LogP contribution in [-0.2, 0) is 14.3 Å². The average Bonchev–Trinajstić information content (AvgIpc) is 2.25. The van der Waals surface area contributed by atoms with Gasteiger partial charge in [0.15, 0.2) is 0 Å². The summed E-state index contributed by atoms with van der Waals surface area (Å²) in [4.78, 5) is 30.5. The molecule has 1 unspecified atom stereocenters. The highest BCUT2D eigenvalue weighted by atomic mass is 35.5. The molecule has 1 amide bonds. The molecule has 0 aromatic heterocycles. The van der Waals surface area contributed by atoms with Gasteiger partial charge in [-0.1, -0.05) is 13.8 Å². The molecule has 0 fully saturated rings. The van der Waals surface area contributed by atoms with Gasteiger partial charge in [0, 0.05) is 11.6 Å². The van der Waals surface area contributed by atoms with Crippen LogP contribution in [-0.4, -0.2) is 42.9 Å². The zero-order valence-corrected chi connectivity index (χ0v) is 10.8. The molecule has 1 atom stereocenters. The molecule has 0 aromatic carbocycles. The Kier molecular flexibility index (Phi) is 10.2. The number of amides is 1. The lowest BCUT2D eigenvalue weighted by atomic mass is 10.1. The van der Waals surface area contributed by atoms with E-state index in [9.17, 15) is 14.4 Å². The van der Waals surface area contributed by atoms with E-state index >= 15 is 0 Å². The van der Waals surface area contributed by atoms with Crippen molar-refractivity contribution in [3.05, 3.63) is 0 Å². The minimum atomic E-state index is -1.06. The summed E-state index contributed by atoms with van der Waals surface area (Å²) in [6, 6.07) is -0.891. The van der Waals surface area contributed by atoms with E-state index < -0.39 is 23.5 Å². The number of methoxy groups -OCH3 is 2. The number of hydrogen-bond donors (Lipinski definition) is 2. The molecule has 0 aliphatic rings. The summed E-state index contributed by atoms with van der Waals surface area (Å²) in [5.74, 6) is -1.22. The third-order valence-corrected chi connectivity index (χ3v) is 1.71. The summed E-state index contributed by atoms with van der Waals surface area (Å²) in [7, 11) is 2.41. The van der Waals surface area contributed by atoms with Gasteiger partial charge in [0.1, 0.15) is 6.04 Å². The lowest BCUT2D eigenvalue weighted by Crippen LogP contribution is -2.44. The summed E-state index contributed by atoms with van der Waals surface area (Å²) in [5.41, 5.74) is -0.773. The molecule has 0 bridgehead atoms. The topological polar surface area (TPSA) is 102 Å². The molecule has 2 N–H and O–H groups in total. The number of carbonyl (C=O) groups excluding carboxylic acids is 2. The molecule has 0 aromatic rings. The van der Waals surface area contributed by atoms with Gasteiger partial charge in [-0.3, -0.25) is 0 Å². The van der Waals surface area contributed by atoms with Gasteiger partial charge < -0.3 is 19.9 Å². The fraction of sp³-hybridized carbons (Fsp3) is 0.667. The van der Waals surface area contributed by atoms with Crippen LogP contribution in [0.5, 0.6) is 0 Å². The summed E-state index contributed by atoms with van der Waals surface area (Å²) in [5, 5.41) is 10.8. The van der Waals surface area contributed by atoms with Crippen molar-refractivity contribution in [2.24, 2.45) is 5.92 Å². The van der Waals surface area contributed by atoms with E-state index in [-0.39, 0.29) is 5.92 Å². The zero-order chi connectivity index (χ0) is 14.0. The standard InChI is InChI=1S/C7H13NO4.C2H3ClO2/c1-4(2)5(6(9)10)8-7(11)12-3;1-5-2(3)4/h4-5H,1-3H3,(H,8,11)(H,9,10);1H3. The van der Waals surface area contributed by atoms with Crippen molar-refractivity contribution in [1.82, 2.24) is 5.32 Å².